The average molecular weight is 352 g/mol. The van der Waals surface area contributed by atoms with Crippen molar-refractivity contribution in [3.63, 3.8) is 0 Å². The highest BCUT2D eigenvalue weighted by molar-refractivity contribution is 6.43. The van der Waals surface area contributed by atoms with E-state index in [1.54, 1.807) is 18.2 Å². The summed E-state index contributed by atoms with van der Waals surface area (Å²) in [7, 11) is 0. The molecule has 1 atom stereocenters. The van der Waals surface area contributed by atoms with Gasteiger partial charge in [-0.05, 0) is 19.0 Å². The van der Waals surface area contributed by atoms with Gasteiger partial charge in [0.2, 0.25) is 0 Å². The van der Waals surface area contributed by atoms with Crippen LogP contribution in [0.4, 0.5) is 5.82 Å². The third-order valence-electron chi connectivity index (χ3n) is 3.63. The lowest BCUT2D eigenvalue weighted by Crippen LogP contribution is -2.36. The molecule has 0 aliphatic carbocycles. The quantitative estimate of drug-likeness (QED) is 0.787. The first-order valence-corrected chi connectivity index (χ1v) is 7.90. The number of anilines is 1. The van der Waals surface area contributed by atoms with Crippen LogP contribution in [0.25, 0.3) is 11.3 Å². The third-order valence-corrected chi connectivity index (χ3v) is 4.45. The zero-order valence-electron chi connectivity index (χ0n) is 12.1. The number of hydrogen-bond acceptors (Lipinski definition) is 5. The average Bonchev–Trinajstić information content (AvgIpc) is 3.03. The highest BCUT2D eigenvalue weighted by Gasteiger charge is 2.20. The molecule has 23 heavy (non-hydrogen) atoms. The highest BCUT2D eigenvalue weighted by Crippen LogP contribution is 2.34. The van der Waals surface area contributed by atoms with Crippen LogP contribution in [0.3, 0.4) is 0 Å². The van der Waals surface area contributed by atoms with Crippen LogP contribution in [0.2, 0.25) is 10.0 Å². The Balaban J connectivity index is 1.85. The molecule has 1 aromatic carbocycles. The van der Waals surface area contributed by atoms with Crippen LogP contribution in [0.1, 0.15) is 16.9 Å². The lowest BCUT2D eigenvalue weighted by atomic mass is 10.1. The summed E-state index contributed by atoms with van der Waals surface area (Å²) in [6.45, 7) is 1.65. The van der Waals surface area contributed by atoms with Crippen LogP contribution in [0.5, 0.6) is 0 Å². The molecule has 1 saturated heterocycles. The van der Waals surface area contributed by atoms with E-state index in [9.17, 15) is 4.79 Å². The number of amides is 1. The van der Waals surface area contributed by atoms with Crippen molar-refractivity contribution < 1.29 is 4.79 Å². The van der Waals surface area contributed by atoms with Gasteiger partial charge >= 0.3 is 0 Å². The second kappa shape index (κ2) is 6.70. The number of hydrogen-bond donors (Lipinski definition) is 3. The summed E-state index contributed by atoms with van der Waals surface area (Å²) in [5.41, 5.74) is 7.11. The molecule has 1 aromatic heterocycles. The SMILES string of the molecule is Nc1nc(C(=O)NC2CCNC2)cnc1-c1cccc(Cl)c1Cl. The monoisotopic (exact) mass is 351 g/mol. The molecule has 1 aliphatic rings. The molecule has 2 aromatic rings. The van der Waals surface area contributed by atoms with Crippen LogP contribution < -0.4 is 16.4 Å². The Kier molecular flexibility index (Phi) is 4.66. The minimum atomic E-state index is -0.290. The van der Waals surface area contributed by atoms with E-state index >= 15 is 0 Å². The Morgan fingerprint density at radius 2 is 2.22 bits per heavy atom. The van der Waals surface area contributed by atoms with Gasteiger partial charge in [-0.15, -0.1) is 0 Å². The number of nitrogen functional groups attached to an aromatic ring is 1. The summed E-state index contributed by atoms with van der Waals surface area (Å²) >= 11 is 12.2. The first-order chi connectivity index (χ1) is 11.1. The zero-order chi connectivity index (χ0) is 16.4. The molecule has 0 bridgehead atoms. The summed E-state index contributed by atoms with van der Waals surface area (Å²) in [6.07, 6.45) is 2.28. The number of nitrogens with one attached hydrogen (secondary N) is 2. The summed E-state index contributed by atoms with van der Waals surface area (Å²) < 4.78 is 0. The molecule has 6 nitrogen and oxygen atoms in total. The smallest absolute Gasteiger partial charge is 0.271 e. The molecule has 0 radical (unpaired) electrons. The van der Waals surface area contributed by atoms with Gasteiger partial charge in [0.15, 0.2) is 5.82 Å². The van der Waals surface area contributed by atoms with Crippen LogP contribution in [-0.2, 0) is 0 Å². The van der Waals surface area contributed by atoms with Gasteiger partial charge in [0.25, 0.3) is 5.91 Å². The lowest BCUT2D eigenvalue weighted by molar-refractivity contribution is 0.0935. The first-order valence-electron chi connectivity index (χ1n) is 7.14. The van der Waals surface area contributed by atoms with Gasteiger partial charge in [-0.2, -0.15) is 0 Å². The second-order valence-electron chi connectivity index (χ2n) is 5.25. The predicted molar refractivity (Wildman–Crippen MR) is 90.6 cm³/mol. The Morgan fingerprint density at radius 3 is 2.91 bits per heavy atom. The standard InChI is InChI=1S/C15H15Cl2N5O/c16-10-3-1-2-9(12(10)17)13-14(18)22-11(7-20-13)15(23)21-8-4-5-19-6-8/h1-3,7-8,19H,4-6H2,(H2,18,22)(H,21,23). The number of carbonyl (C=O) groups is 1. The van der Waals surface area contributed by atoms with Crippen LogP contribution in [-0.4, -0.2) is 35.0 Å². The molecule has 1 aliphatic heterocycles. The maximum absolute atomic E-state index is 12.2. The molecule has 4 N–H and O–H groups in total. The summed E-state index contributed by atoms with van der Waals surface area (Å²) in [5, 5.41) is 6.83. The van der Waals surface area contributed by atoms with E-state index in [1.807, 2.05) is 0 Å². The molecule has 3 rings (SSSR count). The first kappa shape index (κ1) is 16.0. The van der Waals surface area contributed by atoms with E-state index in [4.69, 9.17) is 28.9 Å². The molecule has 1 unspecified atom stereocenters. The normalized spacial score (nSPS) is 17.2. The van der Waals surface area contributed by atoms with E-state index in [1.165, 1.54) is 6.20 Å². The molecule has 2 heterocycles. The van der Waals surface area contributed by atoms with Crippen LogP contribution >= 0.6 is 23.2 Å². The van der Waals surface area contributed by atoms with E-state index in [2.05, 4.69) is 20.6 Å². The van der Waals surface area contributed by atoms with Gasteiger partial charge in [-0.25, -0.2) is 9.97 Å². The Hall–Kier alpha value is -1.89. The van der Waals surface area contributed by atoms with Crippen molar-refractivity contribution in [2.45, 2.75) is 12.5 Å². The number of halogens is 2. The van der Waals surface area contributed by atoms with Gasteiger partial charge in [0, 0.05) is 18.2 Å². The largest absolute Gasteiger partial charge is 0.382 e. The molecule has 0 spiro atoms. The fourth-order valence-electron chi connectivity index (χ4n) is 2.44. The minimum absolute atomic E-state index is 0.104. The molecule has 8 heteroatoms. The van der Waals surface area contributed by atoms with E-state index in [0.717, 1.165) is 19.5 Å². The van der Waals surface area contributed by atoms with Gasteiger partial charge in [-0.1, -0.05) is 35.3 Å². The van der Waals surface area contributed by atoms with E-state index in [0.29, 0.717) is 21.3 Å². The van der Waals surface area contributed by atoms with Crippen LogP contribution in [0.15, 0.2) is 24.4 Å². The number of nitrogens with zero attached hydrogens (tertiary/aromatic N) is 2. The van der Waals surface area contributed by atoms with Crippen molar-refractivity contribution in [3.05, 3.63) is 40.1 Å². The molecule has 1 amide bonds. The van der Waals surface area contributed by atoms with Gasteiger partial charge in [0.1, 0.15) is 11.4 Å². The minimum Gasteiger partial charge on any atom is -0.382 e. The second-order valence-corrected chi connectivity index (χ2v) is 6.04. The van der Waals surface area contributed by atoms with Crippen molar-refractivity contribution in [2.24, 2.45) is 0 Å². The van der Waals surface area contributed by atoms with Gasteiger partial charge in [0.05, 0.1) is 16.2 Å². The summed E-state index contributed by atoms with van der Waals surface area (Å²) in [6, 6.07) is 5.28. The lowest BCUT2D eigenvalue weighted by Gasteiger charge is -2.12. The fraction of sp³-hybridized carbons (Fsp3) is 0.267. The molecular formula is C15H15Cl2N5O. The topological polar surface area (TPSA) is 92.9 Å². The molecular weight excluding hydrogens is 337 g/mol. The number of rotatable bonds is 3. The number of carbonyl (C=O) groups excluding carboxylic acids is 1. The Labute approximate surface area is 143 Å². The number of aromatic nitrogens is 2. The van der Waals surface area contributed by atoms with Gasteiger partial charge < -0.3 is 16.4 Å². The van der Waals surface area contributed by atoms with E-state index in [-0.39, 0.29) is 23.5 Å². The van der Waals surface area contributed by atoms with Crippen molar-refractivity contribution in [1.82, 2.24) is 20.6 Å². The molecule has 0 saturated carbocycles. The maximum Gasteiger partial charge on any atom is 0.271 e. The van der Waals surface area contributed by atoms with Crippen LogP contribution in [0, 0.1) is 0 Å². The predicted octanol–water partition coefficient (Wildman–Crippen LogP) is 2.12. The number of benzene rings is 1. The van der Waals surface area contributed by atoms with Gasteiger partial charge in [-0.3, -0.25) is 4.79 Å². The summed E-state index contributed by atoms with van der Waals surface area (Å²) in [4.78, 5) is 20.6. The Morgan fingerprint density at radius 1 is 1.39 bits per heavy atom. The Bertz CT molecular complexity index is 747. The van der Waals surface area contributed by atoms with E-state index < -0.39 is 0 Å². The van der Waals surface area contributed by atoms with Crippen molar-refractivity contribution in [3.8, 4) is 11.3 Å². The maximum atomic E-state index is 12.2. The van der Waals surface area contributed by atoms with Crippen molar-refractivity contribution in [1.29, 1.82) is 0 Å². The van der Waals surface area contributed by atoms with Crippen molar-refractivity contribution in [2.75, 3.05) is 18.8 Å². The zero-order valence-corrected chi connectivity index (χ0v) is 13.7. The van der Waals surface area contributed by atoms with Crippen molar-refractivity contribution >= 4 is 34.9 Å². The highest BCUT2D eigenvalue weighted by atomic mass is 35.5. The third kappa shape index (κ3) is 3.39. The fourth-order valence-corrected chi connectivity index (χ4v) is 2.83. The molecule has 1 fully saturated rings. The summed E-state index contributed by atoms with van der Waals surface area (Å²) in [5.74, 6) is -0.159. The number of nitrogens with two attached hydrogens (primary N) is 1. The molecule has 120 valence electrons.